The predicted molar refractivity (Wildman–Crippen MR) is 73.4 cm³/mol. The van der Waals surface area contributed by atoms with E-state index >= 15 is 0 Å². The fourth-order valence-electron chi connectivity index (χ4n) is 3.35. The number of hydrogen-bond donors (Lipinski definition) is 0. The van der Waals surface area contributed by atoms with Gasteiger partial charge in [-0.2, -0.15) is 0 Å². The van der Waals surface area contributed by atoms with E-state index in [-0.39, 0.29) is 11.2 Å². The van der Waals surface area contributed by atoms with E-state index in [4.69, 9.17) is 15.4 Å². The van der Waals surface area contributed by atoms with Gasteiger partial charge >= 0.3 is 0 Å². The van der Waals surface area contributed by atoms with Gasteiger partial charge in [0.15, 0.2) is 0 Å². The fraction of sp³-hybridized carbons (Fsp3) is 1.00. The maximum atomic E-state index is 11.4. The number of halogens is 1. The van der Waals surface area contributed by atoms with E-state index in [0.29, 0.717) is 12.7 Å². The average Bonchev–Trinajstić information content (AvgIpc) is 2.78. The standard InChI is InChI=1S/C13H23ClO3S/c14-18(15,16)11-13(8-4-1-5-9-13)10-17-12-6-2-3-7-12/h12H,1-11H2. The summed E-state index contributed by atoms with van der Waals surface area (Å²) in [5.74, 6) is 0.0777. The van der Waals surface area contributed by atoms with Crippen LogP contribution in [-0.4, -0.2) is 26.9 Å². The minimum absolute atomic E-state index is 0.0777. The molecule has 3 nitrogen and oxygen atoms in total. The van der Waals surface area contributed by atoms with E-state index in [2.05, 4.69) is 0 Å². The molecule has 0 saturated heterocycles. The molecule has 0 aromatic rings. The van der Waals surface area contributed by atoms with E-state index in [1.807, 2.05) is 0 Å². The molecule has 0 aliphatic heterocycles. The molecule has 2 rings (SSSR count). The molecule has 0 spiro atoms. The van der Waals surface area contributed by atoms with Crippen molar-refractivity contribution in [1.29, 1.82) is 0 Å². The van der Waals surface area contributed by atoms with Gasteiger partial charge in [0.1, 0.15) is 0 Å². The van der Waals surface area contributed by atoms with Crippen LogP contribution in [0.3, 0.4) is 0 Å². The van der Waals surface area contributed by atoms with Gasteiger partial charge in [-0.15, -0.1) is 0 Å². The first-order chi connectivity index (χ1) is 8.49. The first-order valence-corrected chi connectivity index (χ1v) is 9.51. The lowest BCUT2D eigenvalue weighted by Crippen LogP contribution is -2.36. The molecule has 0 unspecified atom stereocenters. The van der Waals surface area contributed by atoms with Crippen LogP contribution >= 0.6 is 10.7 Å². The zero-order valence-corrected chi connectivity index (χ0v) is 12.4. The Balaban J connectivity index is 1.94. The lowest BCUT2D eigenvalue weighted by Gasteiger charge is -2.36. The minimum atomic E-state index is -3.44. The van der Waals surface area contributed by atoms with Gasteiger partial charge in [0.25, 0.3) is 0 Å². The first kappa shape index (κ1) is 14.6. The van der Waals surface area contributed by atoms with Gasteiger partial charge in [-0.3, -0.25) is 0 Å². The van der Waals surface area contributed by atoms with E-state index in [1.165, 1.54) is 19.3 Å². The molecule has 0 bridgehead atoms. The zero-order chi connectivity index (χ0) is 13.1. The molecule has 0 heterocycles. The highest BCUT2D eigenvalue weighted by Crippen LogP contribution is 2.39. The van der Waals surface area contributed by atoms with Crippen LogP contribution in [0.5, 0.6) is 0 Å². The highest BCUT2D eigenvalue weighted by Gasteiger charge is 2.37. The van der Waals surface area contributed by atoms with Crippen LogP contribution in [0.2, 0.25) is 0 Å². The Morgan fingerprint density at radius 1 is 1.06 bits per heavy atom. The van der Waals surface area contributed by atoms with Crippen LogP contribution in [0.25, 0.3) is 0 Å². The second-order valence-electron chi connectivity index (χ2n) is 5.96. The topological polar surface area (TPSA) is 43.4 Å². The molecule has 0 amide bonds. The van der Waals surface area contributed by atoms with Crippen molar-refractivity contribution in [3.05, 3.63) is 0 Å². The Labute approximate surface area is 115 Å². The van der Waals surface area contributed by atoms with Crippen molar-refractivity contribution in [3.8, 4) is 0 Å². The van der Waals surface area contributed by atoms with Gasteiger partial charge in [0.2, 0.25) is 9.05 Å². The van der Waals surface area contributed by atoms with E-state index in [9.17, 15) is 8.42 Å². The number of ether oxygens (including phenoxy) is 1. The van der Waals surface area contributed by atoms with Crippen LogP contribution in [-0.2, 0) is 13.8 Å². The molecule has 0 radical (unpaired) electrons. The van der Waals surface area contributed by atoms with Crippen LogP contribution in [0.1, 0.15) is 57.8 Å². The monoisotopic (exact) mass is 294 g/mol. The lowest BCUT2D eigenvalue weighted by molar-refractivity contribution is -0.0125. The van der Waals surface area contributed by atoms with Crippen LogP contribution in [0.4, 0.5) is 0 Å². The van der Waals surface area contributed by atoms with Crippen molar-refractivity contribution in [2.24, 2.45) is 5.41 Å². The quantitative estimate of drug-likeness (QED) is 0.729. The highest BCUT2D eigenvalue weighted by atomic mass is 35.7. The Morgan fingerprint density at radius 2 is 1.67 bits per heavy atom. The molecule has 0 aromatic carbocycles. The van der Waals surface area contributed by atoms with Gasteiger partial charge in [-0.05, 0) is 25.7 Å². The van der Waals surface area contributed by atoms with Crippen molar-refractivity contribution in [3.63, 3.8) is 0 Å². The normalized spacial score (nSPS) is 25.4. The average molecular weight is 295 g/mol. The summed E-state index contributed by atoms with van der Waals surface area (Å²) in [4.78, 5) is 0. The molecule has 0 aromatic heterocycles. The predicted octanol–water partition coefficient (Wildman–Crippen LogP) is 3.46. The summed E-state index contributed by atoms with van der Waals surface area (Å²) in [6, 6.07) is 0. The molecular formula is C13H23ClO3S. The van der Waals surface area contributed by atoms with E-state index in [0.717, 1.165) is 38.5 Å². The molecule has 2 fully saturated rings. The Bertz CT molecular complexity index is 354. The maximum absolute atomic E-state index is 11.4. The van der Waals surface area contributed by atoms with Gasteiger partial charge in [-0.25, -0.2) is 8.42 Å². The molecule has 0 N–H and O–H groups in total. The Hall–Kier alpha value is 0.200. The Morgan fingerprint density at radius 3 is 2.22 bits per heavy atom. The van der Waals surface area contributed by atoms with Gasteiger partial charge in [0, 0.05) is 16.1 Å². The highest BCUT2D eigenvalue weighted by molar-refractivity contribution is 8.13. The van der Waals surface area contributed by atoms with Gasteiger partial charge < -0.3 is 4.74 Å². The second-order valence-corrected chi connectivity index (χ2v) is 8.74. The number of rotatable bonds is 5. The summed E-state index contributed by atoms with van der Waals surface area (Å²) < 4.78 is 28.8. The van der Waals surface area contributed by atoms with Crippen LogP contribution in [0, 0.1) is 5.41 Å². The number of hydrogen-bond acceptors (Lipinski definition) is 3. The summed E-state index contributed by atoms with van der Waals surface area (Å²) in [5, 5.41) is 0. The minimum Gasteiger partial charge on any atom is -0.378 e. The fourth-order valence-corrected chi connectivity index (χ4v) is 5.15. The summed E-state index contributed by atoms with van der Waals surface area (Å²) in [5.41, 5.74) is -0.221. The van der Waals surface area contributed by atoms with Gasteiger partial charge in [-0.1, -0.05) is 32.1 Å². The molecule has 2 saturated carbocycles. The van der Waals surface area contributed by atoms with Crippen molar-refractivity contribution in [2.75, 3.05) is 12.4 Å². The first-order valence-electron chi connectivity index (χ1n) is 7.03. The zero-order valence-electron chi connectivity index (χ0n) is 10.9. The second kappa shape index (κ2) is 6.10. The third-order valence-electron chi connectivity index (χ3n) is 4.32. The molecule has 18 heavy (non-hydrogen) atoms. The van der Waals surface area contributed by atoms with Crippen LogP contribution in [0.15, 0.2) is 0 Å². The third-order valence-corrected chi connectivity index (χ3v) is 5.60. The van der Waals surface area contributed by atoms with Crippen LogP contribution < -0.4 is 0 Å². The van der Waals surface area contributed by atoms with E-state index < -0.39 is 9.05 Å². The summed E-state index contributed by atoms with van der Waals surface area (Å²) in [6.07, 6.45) is 10.4. The molecule has 2 aliphatic rings. The van der Waals surface area contributed by atoms with Crippen molar-refractivity contribution < 1.29 is 13.2 Å². The lowest BCUT2D eigenvalue weighted by atomic mass is 9.76. The largest absolute Gasteiger partial charge is 0.378 e. The summed E-state index contributed by atoms with van der Waals surface area (Å²) in [7, 11) is 2.03. The third kappa shape index (κ3) is 4.39. The molecule has 5 heteroatoms. The molecular weight excluding hydrogens is 272 g/mol. The van der Waals surface area contributed by atoms with Crippen molar-refractivity contribution in [1.82, 2.24) is 0 Å². The SMILES string of the molecule is O=S(=O)(Cl)CC1(COC2CCCC2)CCCCC1. The maximum Gasteiger partial charge on any atom is 0.233 e. The van der Waals surface area contributed by atoms with Crippen molar-refractivity contribution in [2.45, 2.75) is 63.9 Å². The smallest absolute Gasteiger partial charge is 0.233 e. The van der Waals surface area contributed by atoms with Gasteiger partial charge in [0.05, 0.1) is 18.5 Å². The van der Waals surface area contributed by atoms with Crippen molar-refractivity contribution >= 4 is 19.7 Å². The summed E-state index contributed by atoms with van der Waals surface area (Å²) in [6.45, 7) is 0.573. The summed E-state index contributed by atoms with van der Waals surface area (Å²) >= 11 is 0. The van der Waals surface area contributed by atoms with E-state index in [1.54, 1.807) is 0 Å². The Kier molecular flexibility index (Phi) is 4.95. The molecule has 0 atom stereocenters. The molecule has 106 valence electrons. The molecule has 2 aliphatic carbocycles.